The van der Waals surface area contributed by atoms with Gasteiger partial charge in [0.05, 0.1) is 5.69 Å². The number of fused-ring (bicyclic) bond motifs is 1. The molecule has 0 bridgehead atoms. The van der Waals surface area contributed by atoms with Crippen LogP contribution < -0.4 is 10.5 Å². The monoisotopic (exact) mass is 388 g/mol. The molecule has 3 N–H and O–H groups in total. The first kappa shape index (κ1) is 19.3. The summed E-state index contributed by atoms with van der Waals surface area (Å²) >= 11 is 0. The van der Waals surface area contributed by atoms with Crippen molar-refractivity contribution in [2.24, 2.45) is 11.8 Å². The van der Waals surface area contributed by atoms with E-state index in [0.29, 0.717) is 23.9 Å². The molecule has 2 aromatic carbocycles. The van der Waals surface area contributed by atoms with Crippen LogP contribution in [0.2, 0.25) is 0 Å². The highest BCUT2D eigenvalue weighted by Gasteiger charge is 2.31. The van der Waals surface area contributed by atoms with Crippen molar-refractivity contribution in [3.63, 3.8) is 0 Å². The van der Waals surface area contributed by atoms with E-state index in [1.807, 2.05) is 55.5 Å². The number of nitrogens with two attached hydrogens (primary N) is 1. The second kappa shape index (κ2) is 7.78. The minimum Gasteiger partial charge on any atom is -0.457 e. The lowest BCUT2D eigenvalue weighted by molar-refractivity contribution is 0.0942. The van der Waals surface area contributed by atoms with Crippen LogP contribution in [0, 0.1) is 18.8 Å². The molecule has 3 aromatic rings. The fourth-order valence-corrected chi connectivity index (χ4v) is 4.49. The Bertz CT molecular complexity index is 1030. The SMILES string of the molecule is Cc1[nH]c(-c2cc(N)ccc2Oc2ccccc2)c2c1C(=O)CC(CC(C)C)C2. The van der Waals surface area contributed by atoms with E-state index in [0.717, 1.165) is 52.4 Å². The van der Waals surface area contributed by atoms with Crippen LogP contribution >= 0.6 is 0 Å². The van der Waals surface area contributed by atoms with Crippen LogP contribution in [0.25, 0.3) is 11.3 Å². The Balaban J connectivity index is 1.79. The number of hydrogen-bond acceptors (Lipinski definition) is 3. The third-order valence-electron chi connectivity index (χ3n) is 5.59. The molecule has 1 heterocycles. The first-order valence-electron chi connectivity index (χ1n) is 10.3. The molecule has 0 spiro atoms. The highest BCUT2D eigenvalue weighted by Crippen LogP contribution is 2.42. The minimum absolute atomic E-state index is 0.242. The number of nitrogen functional groups attached to an aromatic ring is 1. The number of benzene rings is 2. The number of ether oxygens (including phenoxy) is 1. The van der Waals surface area contributed by atoms with Gasteiger partial charge in [0.15, 0.2) is 5.78 Å². The van der Waals surface area contributed by atoms with Gasteiger partial charge in [-0.1, -0.05) is 32.0 Å². The van der Waals surface area contributed by atoms with Gasteiger partial charge in [-0.3, -0.25) is 4.79 Å². The van der Waals surface area contributed by atoms with Gasteiger partial charge in [0, 0.05) is 28.9 Å². The van der Waals surface area contributed by atoms with E-state index in [-0.39, 0.29) is 5.78 Å². The van der Waals surface area contributed by atoms with E-state index in [4.69, 9.17) is 10.5 Å². The summed E-state index contributed by atoms with van der Waals surface area (Å²) in [7, 11) is 0. The van der Waals surface area contributed by atoms with Crippen LogP contribution in [0.5, 0.6) is 11.5 Å². The van der Waals surface area contributed by atoms with Crippen LogP contribution in [0.1, 0.15) is 48.3 Å². The fourth-order valence-electron chi connectivity index (χ4n) is 4.49. The summed E-state index contributed by atoms with van der Waals surface area (Å²) in [4.78, 5) is 16.4. The standard InChI is InChI=1S/C25H28N2O2/c1-15(2)11-17-12-21-24(22(28)13-17)16(3)27-25(21)20-14-18(26)9-10-23(20)29-19-7-5-4-6-8-19/h4-10,14-15,17,27H,11-13,26H2,1-3H3. The first-order valence-corrected chi connectivity index (χ1v) is 10.3. The van der Waals surface area contributed by atoms with Crippen molar-refractivity contribution in [3.05, 3.63) is 65.4 Å². The summed E-state index contributed by atoms with van der Waals surface area (Å²) in [6.45, 7) is 6.41. The third-order valence-corrected chi connectivity index (χ3v) is 5.59. The van der Waals surface area contributed by atoms with E-state index in [1.54, 1.807) is 0 Å². The average Bonchev–Trinajstić information content (AvgIpc) is 3.00. The summed E-state index contributed by atoms with van der Waals surface area (Å²) < 4.78 is 6.18. The molecule has 1 aliphatic rings. The summed E-state index contributed by atoms with van der Waals surface area (Å²) in [6.07, 6.45) is 2.59. The number of Topliss-reactive ketones (excluding diaryl/α,β-unsaturated/α-hetero) is 1. The molecule has 4 rings (SSSR count). The molecule has 0 radical (unpaired) electrons. The molecule has 0 saturated heterocycles. The van der Waals surface area contributed by atoms with Crippen LogP contribution in [-0.2, 0) is 6.42 Å². The number of aryl methyl sites for hydroxylation is 1. The third kappa shape index (κ3) is 3.93. The Morgan fingerprint density at radius 1 is 1.14 bits per heavy atom. The van der Waals surface area contributed by atoms with E-state index < -0.39 is 0 Å². The molecule has 0 fully saturated rings. The highest BCUT2D eigenvalue weighted by atomic mass is 16.5. The maximum atomic E-state index is 12.9. The fraction of sp³-hybridized carbons (Fsp3) is 0.320. The summed E-state index contributed by atoms with van der Waals surface area (Å²) in [5.41, 5.74) is 11.5. The smallest absolute Gasteiger partial charge is 0.165 e. The number of H-pyrrole nitrogens is 1. The van der Waals surface area contributed by atoms with E-state index >= 15 is 0 Å². The summed E-state index contributed by atoms with van der Waals surface area (Å²) in [5.74, 6) is 2.69. The lowest BCUT2D eigenvalue weighted by atomic mass is 9.79. The molecule has 0 aliphatic heterocycles. The summed E-state index contributed by atoms with van der Waals surface area (Å²) in [5, 5.41) is 0. The van der Waals surface area contributed by atoms with E-state index in [2.05, 4.69) is 18.8 Å². The van der Waals surface area contributed by atoms with Crippen molar-refractivity contribution in [1.29, 1.82) is 0 Å². The van der Waals surface area contributed by atoms with Crippen molar-refractivity contribution in [2.45, 2.75) is 40.0 Å². The van der Waals surface area contributed by atoms with Crippen LogP contribution in [0.3, 0.4) is 0 Å². The molecular formula is C25H28N2O2. The molecule has 0 amide bonds. The Morgan fingerprint density at radius 2 is 1.90 bits per heavy atom. The quantitative estimate of drug-likeness (QED) is 0.515. The Kier molecular flexibility index (Phi) is 5.18. The van der Waals surface area contributed by atoms with Crippen LogP contribution in [-0.4, -0.2) is 10.8 Å². The number of anilines is 1. The molecule has 150 valence electrons. The van der Waals surface area contributed by atoms with Crippen molar-refractivity contribution < 1.29 is 9.53 Å². The van der Waals surface area contributed by atoms with Gasteiger partial charge < -0.3 is 15.5 Å². The van der Waals surface area contributed by atoms with Gasteiger partial charge in [-0.05, 0) is 67.5 Å². The second-order valence-corrected chi connectivity index (χ2v) is 8.48. The molecule has 1 aliphatic carbocycles. The maximum absolute atomic E-state index is 12.9. The number of aromatic nitrogens is 1. The van der Waals surface area contributed by atoms with Crippen LogP contribution in [0.4, 0.5) is 5.69 Å². The van der Waals surface area contributed by atoms with Crippen LogP contribution in [0.15, 0.2) is 48.5 Å². The molecule has 1 unspecified atom stereocenters. The zero-order chi connectivity index (χ0) is 20.5. The number of ketones is 1. The summed E-state index contributed by atoms with van der Waals surface area (Å²) in [6, 6.07) is 15.4. The van der Waals surface area contributed by atoms with E-state index in [9.17, 15) is 4.79 Å². The zero-order valence-electron chi connectivity index (χ0n) is 17.3. The first-order chi connectivity index (χ1) is 13.9. The Hall–Kier alpha value is -3.01. The van der Waals surface area contributed by atoms with Gasteiger partial charge in [-0.2, -0.15) is 0 Å². The number of aromatic amines is 1. The lowest BCUT2D eigenvalue weighted by Gasteiger charge is -2.24. The molecule has 29 heavy (non-hydrogen) atoms. The normalized spacial score (nSPS) is 16.1. The largest absolute Gasteiger partial charge is 0.457 e. The van der Waals surface area contributed by atoms with Crippen molar-refractivity contribution >= 4 is 11.5 Å². The molecule has 0 saturated carbocycles. The van der Waals surface area contributed by atoms with Gasteiger partial charge in [0.25, 0.3) is 0 Å². The number of nitrogens with one attached hydrogen (secondary N) is 1. The van der Waals surface area contributed by atoms with Gasteiger partial charge in [0.1, 0.15) is 11.5 Å². The number of rotatable bonds is 5. The Morgan fingerprint density at radius 3 is 2.62 bits per heavy atom. The molecular weight excluding hydrogens is 360 g/mol. The zero-order valence-corrected chi connectivity index (χ0v) is 17.3. The van der Waals surface area contributed by atoms with Crippen molar-refractivity contribution in [2.75, 3.05) is 5.73 Å². The maximum Gasteiger partial charge on any atom is 0.165 e. The van der Waals surface area contributed by atoms with Gasteiger partial charge >= 0.3 is 0 Å². The predicted molar refractivity (Wildman–Crippen MR) is 117 cm³/mol. The highest BCUT2D eigenvalue weighted by molar-refractivity contribution is 6.02. The number of para-hydroxylation sites is 1. The van der Waals surface area contributed by atoms with E-state index in [1.165, 1.54) is 0 Å². The molecule has 1 atom stereocenters. The number of carbonyl (C=O) groups excluding carboxylic acids is 1. The van der Waals surface area contributed by atoms with Crippen molar-refractivity contribution in [1.82, 2.24) is 4.98 Å². The molecule has 4 nitrogen and oxygen atoms in total. The van der Waals surface area contributed by atoms with Gasteiger partial charge in [0.2, 0.25) is 0 Å². The Labute approximate surface area is 172 Å². The topological polar surface area (TPSA) is 68.1 Å². The van der Waals surface area contributed by atoms with Crippen molar-refractivity contribution in [3.8, 4) is 22.8 Å². The number of hydrogen-bond donors (Lipinski definition) is 2. The lowest BCUT2D eigenvalue weighted by Crippen LogP contribution is -2.21. The number of carbonyl (C=O) groups is 1. The minimum atomic E-state index is 0.242. The average molecular weight is 389 g/mol. The van der Waals surface area contributed by atoms with Gasteiger partial charge in [-0.25, -0.2) is 0 Å². The second-order valence-electron chi connectivity index (χ2n) is 8.48. The molecule has 4 heteroatoms. The van der Waals surface area contributed by atoms with Gasteiger partial charge in [-0.15, -0.1) is 0 Å². The molecule has 1 aromatic heterocycles. The predicted octanol–water partition coefficient (Wildman–Crippen LogP) is 6.16.